The van der Waals surface area contributed by atoms with Crippen LogP contribution < -0.4 is 5.56 Å². The van der Waals surface area contributed by atoms with Crippen LogP contribution >= 0.6 is 15.9 Å². The minimum Gasteiger partial charge on any atom is -0.388 e. The number of pyridine rings is 1. The fourth-order valence-electron chi connectivity index (χ4n) is 1.54. The van der Waals surface area contributed by atoms with Crippen LogP contribution in [0.2, 0.25) is 0 Å². The first kappa shape index (κ1) is 13.0. The third-order valence-electron chi connectivity index (χ3n) is 2.53. The van der Waals surface area contributed by atoms with Crippen molar-refractivity contribution < 1.29 is 5.11 Å². The second kappa shape index (κ2) is 5.33. The Morgan fingerprint density at radius 3 is 2.81 bits per heavy atom. The Morgan fingerprint density at radius 1 is 1.69 bits per heavy atom. The van der Waals surface area contributed by atoms with Gasteiger partial charge in [0.15, 0.2) is 0 Å². The molecule has 0 aromatic carbocycles. The predicted molar refractivity (Wildman–Crippen MR) is 67.2 cm³/mol. The van der Waals surface area contributed by atoms with Gasteiger partial charge in [-0.3, -0.25) is 9.36 Å². The van der Waals surface area contributed by atoms with Crippen LogP contribution in [-0.2, 0) is 6.54 Å². The van der Waals surface area contributed by atoms with Gasteiger partial charge in [0.25, 0.3) is 5.56 Å². The topological polar surface area (TPSA) is 42.2 Å². The maximum atomic E-state index is 11.9. The first-order valence-electron chi connectivity index (χ1n) is 5.04. The summed E-state index contributed by atoms with van der Waals surface area (Å²) in [6, 6.07) is 1.75. The fourth-order valence-corrected chi connectivity index (χ4v) is 2.08. The van der Waals surface area contributed by atoms with Crippen molar-refractivity contribution in [1.29, 1.82) is 0 Å². The number of terminal acetylenes is 1. The third-order valence-corrected chi connectivity index (χ3v) is 3.18. The third kappa shape index (κ3) is 2.37. The van der Waals surface area contributed by atoms with E-state index < -0.39 is 6.10 Å². The molecule has 0 spiro atoms. The molecule has 4 heteroatoms. The molecule has 0 aliphatic heterocycles. The molecular weight excluding hydrogens is 270 g/mol. The van der Waals surface area contributed by atoms with Gasteiger partial charge >= 0.3 is 0 Å². The number of rotatable bonds is 3. The van der Waals surface area contributed by atoms with Crippen molar-refractivity contribution in [2.75, 3.05) is 0 Å². The zero-order chi connectivity index (χ0) is 12.3. The number of aromatic nitrogens is 1. The van der Waals surface area contributed by atoms with Gasteiger partial charge in [0.05, 0.1) is 17.3 Å². The summed E-state index contributed by atoms with van der Waals surface area (Å²) >= 11 is 3.29. The zero-order valence-electron chi connectivity index (χ0n) is 9.33. The number of aliphatic hydroxyl groups excluding tert-OH is 1. The summed E-state index contributed by atoms with van der Waals surface area (Å²) in [6.45, 7) is 3.80. The van der Waals surface area contributed by atoms with Gasteiger partial charge in [-0.2, -0.15) is 0 Å². The Morgan fingerprint density at radius 2 is 2.31 bits per heavy atom. The van der Waals surface area contributed by atoms with E-state index >= 15 is 0 Å². The molecule has 0 unspecified atom stereocenters. The lowest BCUT2D eigenvalue weighted by Crippen LogP contribution is -2.25. The lowest BCUT2D eigenvalue weighted by molar-refractivity contribution is 0.172. The standard InChI is InChI=1S/C12H14BrNO2/c1-4-6-14-11(13)7-9(10(15)5-2)8(3)12(14)16/h1,7,10,15H,5-6H2,2-3H3/t10-/m0/s1. The Kier molecular flexibility index (Phi) is 4.34. The summed E-state index contributed by atoms with van der Waals surface area (Å²) in [5.41, 5.74) is 1.05. The van der Waals surface area contributed by atoms with E-state index in [1.165, 1.54) is 4.57 Å². The molecule has 1 N–H and O–H groups in total. The normalized spacial score (nSPS) is 12.2. The Hall–Kier alpha value is -1.05. The van der Waals surface area contributed by atoms with E-state index in [2.05, 4.69) is 21.9 Å². The second-order valence-corrected chi connectivity index (χ2v) is 4.38. The van der Waals surface area contributed by atoms with Gasteiger partial charge in [-0.05, 0) is 40.9 Å². The number of halogens is 1. The molecule has 0 amide bonds. The number of aliphatic hydroxyl groups is 1. The molecule has 0 saturated heterocycles. The molecule has 3 nitrogen and oxygen atoms in total. The van der Waals surface area contributed by atoms with E-state index in [4.69, 9.17) is 6.42 Å². The van der Waals surface area contributed by atoms with Crippen LogP contribution in [0.3, 0.4) is 0 Å². The Bertz CT molecular complexity index is 485. The van der Waals surface area contributed by atoms with Crippen LogP contribution in [0.15, 0.2) is 15.5 Å². The summed E-state index contributed by atoms with van der Waals surface area (Å²) in [5, 5.41) is 9.77. The van der Waals surface area contributed by atoms with Gasteiger partial charge in [0.1, 0.15) is 0 Å². The van der Waals surface area contributed by atoms with Crippen LogP contribution in [0, 0.1) is 19.3 Å². The summed E-state index contributed by atoms with van der Waals surface area (Å²) < 4.78 is 2.06. The maximum Gasteiger partial charge on any atom is 0.255 e. The molecule has 0 radical (unpaired) electrons. The number of nitrogens with zero attached hydrogens (tertiary/aromatic N) is 1. The molecular formula is C12H14BrNO2. The smallest absolute Gasteiger partial charge is 0.255 e. The highest BCUT2D eigenvalue weighted by Crippen LogP contribution is 2.21. The minimum atomic E-state index is -0.607. The zero-order valence-corrected chi connectivity index (χ0v) is 10.9. The van der Waals surface area contributed by atoms with Gasteiger partial charge in [0, 0.05) is 5.56 Å². The van der Waals surface area contributed by atoms with Crippen molar-refractivity contribution >= 4 is 15.9 Å². The lowest BCUT2D eigenvalue weighted by atomic mass is 10.0. The highest BCUT2D eigenvalue weighted by molar-refractivity contribution is 9.10. The van der Waals surface area contributed by atoms with Crippen LogP contribution in [0.25, 0.3) is 0 Å². The quantitative estimate of drug-likeness (QED) is 0.681. The molecule has 16 heavy (non-hydrogen) atoms. The van der Waals surface area contributed by atoms with Gasteiger partial charge in [-0.15, -0.1) is 6.42 Å². The molecule has 0 saturated carbocycles. The van der Waals surface area contributed by atoms with Crippen molar-refractivity contribution in [3.63, 3.8) is 0 Å². The summed E-state index contributed by atoms with van der Waals surface area (Å²) in [5.74, 6) is 2.43. The van der Waals surface area contributed by atoms with Gasteiger partial charge in [0.2, 0.25) is 0 Å². The van der Waals surface area contributed by atoms with E-state index in [9.17, 15) is 9.90 Å². The molecule has 1 rings (SSSR count). The number of hydrogen-bond donors (Lipinski definition) is 1. The molecule has 0 aliphatic carbocycles. The predicted octanol–water partition coefficient (Wildman–Crippen LogP) is 2.00. The molecule has 1 atom stereocenters. The van der Waals surface area contributed by atoms with Crippen molar-refractivity contribution in [3.05, 3.63) is 32.2 Å². The SMILES string of the molecule is C#CCn1c(Br)cc([C@@H](O)CC)c(C)c1=O. The van der Waals surface area contributed by atoms with Gasteiger partial charge in [-0.1, -0.05) is 12.8 Å². The van der Waals surface area contributed by atoms with Crippen molar-refractivity contribution in [3.8, 4) is 12.3 Å². The number of hydrogen-bond acceptors (Lipinski definition) is 2. The summed E-state index contributed by atoms with van der Waals surface area (Å²) in [7, 11) is 0. The maximum absolute atomic E-state index is 11.9. The van der Waals surface area contributed by atoms with Crippen LogP contribution in [0.4, 0.5) is 0 Å². The molecule has 86 valence electrons. The molecule has 1 heterocycles. The lowest BCUT2D eigenvalue weighted by Gasteiger charge is -2.14. The van der Waals surface area contributed by atoms with E-state index in [0.29, 0.717) is 22.2 Å². The van der Waals surface area contributed by atoms with E-state index in [1.54, 1.807) is 13.0 Å². The Balaban J connectivity index is 3.40. The highest BCUT2D eigenvalue weighted by Gasteiger charge is 2.14. The molecule has 0 aliphatic rings. The summed E-state index contributed by atoms with van der Waals surface area (Å²) in [4.78, 5) is 11.9. The van der Waals surface area contributed by atoms with Crippen molar-refractivity contribution in [1.82, 2.24) is 4.57 Å². The first-order chi connectivity index (χ1) is 7.52. The molecule has 0 fully saturated rings. The molecule has 0 bridgehead atoms. The summed E-state index contributed by atoms with van der Waals surface area (Å²) in [6.07, 6.45) is 5.16. The van der Waals surface area contributed by atoms with E-state index in [0.717, 1.165) is 0 Å². The van der Waals surface area contributed by atoms with E-state index in [-0.39, 0.29) is 12.1 Å². The van der Waals surface area contributed by atoms with Gasteiger partial charge < -0.3 is 5.11 Å². The van der Waals surface area contributed by atoms with E-state index in [1.807, 2.05) is 6.92 Å². The van der Waals surface area contributed by atoms with Crippen LogP contribution in [0.1, 0.15) is 30.6 Å². The second-order valence-electron chi connectivity index (χ2n) is 3.57. The first-order valence-corrected chi connectivity index (χ1v) is 5.83. The minimum absolute atomic E-state index is 0.158. The monoisotopic (exact) mass is 283 g/mol. The fraction of sp³-hybridized carbons (Fsp3) is 0.417. The van der Waals surface area contributed by atoms with Crippen LogP contribution in [-0.4, -0.2) is 9.67 Å². The van der Waals surface area contributed by atoms with Crippen molar-refractivity contribution in [2.45, 2.75) is 32.9 Å². The van der Waals surface area contributed by atoms with Crippen molar-refractivity contribution in [2.24, 2.45) is 0 Å². The average Bonchev–Trinajstić information content (AvgIpc) is 2.28. The molecule has 1 aromatic heterocycles. The average molecular weight is 284 g/mol. The van der Waals surface area contributed by atoms with Crippen LogP contribution in [0.5, 0.6) is 0 Å². The molecule has 1 aromatic rings. The highest BCUT2D eigenvalue weighted by atomic mass is 79.9. The Labute approximate surface area is 103 Å². The largest absolute Gasteiger partial charge is 0.388 e. The van der Waals surface area contributed by atoms with Gasteiger partial charge in [-0.25, -0.2) is 0 Å².